The molecule has 0 amide bonds. The fourth-order valence-electron chi connectivity index (χ4n) is 1.48. The SMILES string of the molecule is CCN(CC(=NC)C(=O)O)Cc1ccc(Cl)nc1. The smallest absolute Gasteiger partial charge is 0.351 e. The first-order valence-corrected chi connectivity index (χ1v) is 5.96. The topological polar surface area (TPSA) is 65.8 Å². The van der Waals surface area contributed by atoms with Gasteiger partial charge in [0, 0.05) is 26.3 Å². The highest BCUT2D eigenvalue weighted by molar-refractivity contribution is 6.36. The number of carboxylic acids is 1. The quantitative estimate of drug-likeness (QED) is 0.631. The van der Waals surface area contributed by atoms with E-state index in [2.05, 4.69) is 9.98 Å². The molecule has 5 nitrogen and oxygen atoms in total. The number of hydrogen-bond acceptors (Lipinski definition) is 4. The van der Waals surface area contributed by atoms with Crippen molar-refractivity contribution in [1.82, 2.24) is 9.88 Å². The Morgan fingerprint density at radius 1 is 1.56 bits per heavy atom. The van der Waals surface area contributed by atoms with Crippen molar-refractivity contribution >= 4 is 23.3 Å². The van der Waals surface area contributed by atoms with Crippen molar-refractivity contribution < 1.29 is 9.90 Å². The molecular weight excluding hydrogens is 254 g/mol. The van der Waals surface area contributed by atoms with Crippen LogP contribution >= 0.6 is 11.6 Å². The van der Waals surface area contributed by atoms with Crippen molar-refractivity contribution in [3.05, 3.63) is 29.0 Å². The number of aliphatic carboxylic acids is 1. The van der Waals surface area contributed by atoms with Crippen LogP contribution in [-0.2, 0) is 11.3 Å². The zero-order chi connectivity index (χ0) is 13.5. The van der Waals surface area contributed by atoms with Crippen LogP contribution in [0.15, 0.2) is 23.3 Å². The Kier molecular flexibility index (Phi) is 5.74. The number of hydrogen-bond donors (Lipinski definition) is 1. The van der Waals surface area contributed by atoms with E-state index in [9.17, 15) is 4.79 Å². The van der Waals surface area contributed by atoms with Gasteiger partial charge in [-0.3, -0.25) is 9.89 Å². The molecule has 0 aliphatic heterocycles. The number of carboxylic acid groups (broad SMARTS) is 1. The molecule has 98 valence electrons. The highest BCUT2D eigenvalue weighted by atomic mass is 35.5. The highest BCUT2D eigenvalue weighted by Crippen LogP contribution is 2.08. The lowest BCUT2D eigenvalue weighted by Gasteiger charge is -2.19. The van der Waals surface area contributed by atoms with Crippen LogP contribution in [0.5, 0.6) is 0 Å². The maximum Gasteiger partial charge on any atom is 0.351 e. The Balaban J connectivity index is 2.67. The lowest BCUT2D eigenvalue weighted by Crippen LogP contribution is -2.33. The van der Waals surface area contributed by atoms with Gasteiger partial charge in [0.15, 0.2) is 0 Å². The van der Waals surface area contributed by atoms with Crippen molar-refractivity contribution in [2.24, 2.45) is 4.99 Å². The molecule has 1 aromatic heterocycles. The predicted octanol–water partition coefficient (Wildman–Crippen LogP) is 1.71. The summed E-state index contributed by atoms with van der Waals surface area (Å²) < 4.78 is 0. The van der Waals surface area contributed by atoms with E-state index in [1.54, 1.807) is 12.3 Å². The molecule has 6 heteroatoms. The number of pyridine rings is 1. The van der Waals surface area contributed by atoms with E-state index in [1.807, 2.05) is 17.9 Å². The van der Waals surface area contributed by atoms with E-state index in [1.165, 1.54) is 7.05 Å². The second kappa shape index (κ2) is 7.08. The van der Waals surface area contributed by atoms with E-state index in [0.717, 1.165) is 12.1 Å². The summed E-state index contributed by atoms with van der Waals surface area (Å²) in [4.78, 5) is 20.6. The second-order valence-electron chi connectivity index (χ2n) is 3.77. The van der Waals surface area contributed by atoms with E-state index in [0.29, 0.717) is 18.2 Å². The Morgan fingerprint density at radius 3 is 2.72 bits per heavy atom. The van der Waals surface area contributed by atoms with Crippen LogP contribution < -0.4 is 0 Å². The minimum atomic E-state index is -0.981. The lowest BCUT2D eigenvalue weighted by molar-refractivity contribution is -0.129. The summed E-state index contributed by atoms with van der Waals surface area (Å²) in [5.74, 6) is -0.981. The van der Waals surface area contributed by atoms with Gasteiger partial charge in [-0.2, -0.15) is 0 Å². The molecule has 0 bridgehead atoms. The van der Waals surface area contributed by atoms with E-state index >= 15 is 0 Å². The molecule has 0 aliphatic carbocycles. The van der Waals surface area contributed by atoms with Gasteiger partial charge in [-0.25, -0.2) is 9.78 Å². The molecule has 1 rings (SSSR count). The summed E-state index contributed by atoms with van der Waals surface area (Å²) in [6.45, 7) is 3.63. The zero-order valence-electron chi connectivity index (χ0n) is 10.4. The molecule has 1 aromatic rings. The molecule has 0 saturated heterocycles. The van der Waals surface area contributed by atoms with Crippen molar-refractivity contribution in [2.75, 3.05) is 20.1 Å². The van der Waals surface area contributed by atoms with Crippen LogP contribution in [0.3, 0.4) is 0 Å². The molecule has 0 unspecified atom stereocenters. The van der Waals surface area contributed by atoms with Crippen LogP contribution in [0.25, 0.3) is 0 Å². The van der Waals surface area contributed by atoms with Crippen LogP contribution in [0.2, 0.25) is 5.15 Å². The first kappa shape index (κ1) is 14.6. The average Bonchev–Trinajstić information content (AvgIpc) is 2.36. The van der Waals surface area contributed by atoms with Gasteiger partial charge in [-0.05, 0) is 18.2 Å². The Hall–Kier alpha value is -1.46. The number of nitrogens with zero attached hydrogens (tertiary/aromatic N) is 3. The first-order chi connectivity index (χ1) is 8.56. The summed E-state index contributed by atoms with van der Waals surface area (Å²) in [5.41, 5.74) is 1.14. The standard InChI is InChI=1S/C12H16ClN3O2/c1-3-16(8-10(14-2)12(17)18)7-9-4-5-11(13)15-6-9/h4-6H,3,7-8H2,1-2H3,(H,17,18). The summed E-state index contributed by atoms with van der Waals surface area (Å²) in [6, 6.07) is 3.60. The molecular formula is C12H16ClN3O2. The number of halogens is 1. The highest BCUT2D eigenvalue weighted by Gasteiger charge is 2.13. The van der Waals surface area contributed by atoms with Gasteiger partial charge in [0.05, 0.1) is 0 Å². The van der Waals surface area contributed by atoms with Crippen molar-refractivity contribution in [3.8, 4) is 0 Å². The van der Waals surface area contributed by atoms with Crippen LogP contribution in [0.4, 0.5) is 0 Å². The first-order valence-electron chi connectivity index (χ1n) is 5.58. The Bertz CT molecular complexity index is 431. The fraction of sp³-hybridized carbons (Fsp3) is 0.417. The van der Waals surface area contributed by atoms with Gasteiger partial charge in [0.25, 0.3) is 0 Å². The summed E-state index contributed by atoms with van der Waals surface area (Å²) in [6.07, 6.45) is 1.69. The zero-order valence-corrected chi connectivity index (χ0v) is 11.2. The van der Waals surface area contributed by atoms with Crippen LogP contribution in [0, 0.1) is 0 Å². The molecule has 0 aliphatic rings. The number of aromatic nitrogens is 1. The predicted molar refractivity (Wildman–Crippen MR) is 71.2 cm³/mol. The molecule has 18 heavy (non-hydrogen) atoms. The van der Waals surface area contributed by atoms with Crippen LogP contribution in [-0.4, -0.2) is 46.8 Å². The maximum absolute atomic E-state index is 10.9. The van der Waals surface area contributed by atoms with Crippen molar-refractivity contribution in [1.29, 1.82) is 0 Å². The summed E-state index contributed by atoms with van der Waals surface area (Å²) in [5, 5.41) is 9.38. The summed E-state index contributed by atoms with van der Waals surface area (Å²) >= 11 is 5.71. The fourth-order valence-corrected chi connectivity index (χ4v) is 1.60. The molecule has 1 N–H and O–H groups in total. The molecule has 0 saturated carbocycles. The number of aliphatic imine (C=N–C) groups is 1. The van der Waals surface area contributed by atoms with Crippen molar-refractivity contribution in [3.63, 3.8) is 0 Å². The average molecular weight is 270 g/mol. The monoisotopic (exact) mass is 269 g/mol. The molecule has 0 aromatic carbocycles. The third-order valence-corrected chi connectivity index (χ3v) is 2.76. The summed E-state index contributed by atoms with van der Waals surface area (Å²) in [7, 11) is 1.49. The largest absolute Gasteiger partial charge is 0.477 e. The Labute approximate surface area is 111 Å². The van der Waals surface area contributed by atoms with E-state index in [-0.39, 0.29) is 5.71 Å². The maximum atomic E-state index is 10.9. The third-order valence-electron chi connectivity index (χ3n) is 2.53. The Morgan fingerprint density at radius 2 is 2.28 bits per heavy atom. The normalized spacial score (nSPS) is 11.9. The minimum absolute atomic E-state index is 0.152. The van der Waals surface area contributed by atoms with Gasteiger partial charge in [-0.15, -0.1) is 0 Å². The van der Waals surface area contributed by atoms with Gasteiger partial charge < -0.3 is 5.11 Å². The molecule has 0 fully saturated rings. The van der Waals surface area contributed by atoms with Crippen LogP contribution in [0.1, 0.15) is 12.5 Å². The molecule has 0 radical (unpaired) electrons. The molecule has 0 atom stereocenters. The lowest BCUT2D eigenvalue weighted by atomic mass is 10.2. The number of carbonyl (C=O) groups is 1. The van der Waals surface area contributed by atoms with E-state index < -0.39 is 5.97 Å². The van der Waals surface area contributed by atoms with Gasteiger partial charge in [-0.1, -0.05) is 24.6 Å². The third kappa shape index (κ3) is 4.43. The van der Waals surface area contributed by atoms with Gasteiger partial charge in [0.2, 0.25) is 0 Å². The van der Waals surface area contributed by atoms with E-state index in [4.69, 9.17) is 16.7 Å². The van der Waals surface area contributed by atoms with Gasteiger partial charge >= 0.3 is 5.97 Å². The molecule has 0 spiro atoms. The second-order valence-corrected chi connectivity index (χ2v) is 4.16. The van der Waals surface area contributed by atoms with Gasteiger partial charge in [0.1, 0.15) is 10.9 Å². The van der Waals surface area contributed by atoms with Crippen molar-refractivity contribution in [2.45, 2.75) is 13.5 Å². The number of rotatable bonds is 6. The molecule has 1 heterocycles. The minimum Gasteiger partial charge on any atom is -0.477 e.